The molecule has 7 nitrogen and oxygen atoms in total. The van der Waals surface area contributed by atoms with Crippen LogP contribution in [0.3, 0.4) is 0 Å². The topological polar surface area (TPSA) is 87.7 Å². The molecule has 4 amide bonds. The number of hydrogen-bond acceptors (Lipinski definition) is 4. The van der Waals surface area contributed by atoms with Crippen molar-refractivity contribution < 1.29 is 32.3 Å². The fourth-order valence-electron chi connectivity index (χ4n) is 3.23. The van der Waals surface area contributed by atoms with Crippen LogP contribution in [0, 0.1) is 0 Å². The number of urea groups is 1. The molecule has 1 heterocycles. The van der Waals surface area contributed by atoms with Gasteiger partial charge in [0.15, 0.2) is 0 Å². The van der Waals surface area contributed by atoms with Crippen LogP contribution in [-0.4, -0.2) is 36.8 Å². The van der Waals surface area contributed by atoms with E-state index in [-0.39, 0.29) is 22.4 Å². The van der Waals surface area contributed by atoms with Gasteiger partial charge in [-0.05, 0) is 35.2 Å². The van der Waals surface area contributed by atoms with Gasteiger partial charge < -0.3 is 10.1 Å². The number of rotatable bonds is 4. The van der Waals surface area contributed by atoms with Crippen LogP contribution in [0.5, 0.6) is 5.75 Å². The summed E-state index contributed by atoms with van der Waals surface area (Å²) in [5.41, 5.74) is -3.21. The summed E-state index contributed by atoms with van der Waals surface area (Å²) in [6, 6.07) is 10.1. The molecule has 0 saturated carbocycles. The highest BCUT2D eigenvalue weighted by Gasteiger charge is 2.69. The Morgan fingerprint density at radius 2 is 1.69 bits per heavy atom. The summed E-state index contributed by atoms with van der Waals surface area (Å²) in [5, 5.41) is 3.32. The Kier molecular flexibility index (Phi) is 5.67. The van der Waals surface area contributed by atoms with Crippen molar-refractivity contribution in [2.24, 2.45) is 0 Å². The van der Waals surface area contributed by atoms with Crippen molar-refractivity contribution in [2.75, 3.05) is 12.0 Å². The lowest BCUT2D eigenvalue weighted by Gasteiger charge is -2.30. The maximum absolute atomic E-state index is 14.1. The molecule has 1 aliphatic rings. The highest BCUT2D eigenvalue weighted by atomic mass is 19.4. The summed E-state index contributed by atoms with van der Waals surface area (Å²) < 4.78 is 47.2. The number of ether oxygens (including phenoxy) is 1. The third-order valence-corrected chi connectivity index (χ3v) is 5.07. The van der Waals surface area contributed by atoms with Crippen LogP contribution < -0.4 is 20.3 Å². The van der Waals surface area contributed by atoms with Crippen molar-refractivity contribution in [2.45, 2.75) is 38.0 Å². The van der Waals surface area contributed by atoms with Crippen molar-refractivity contribution in [1.82, 2.24) is 10.6 Å². The average molecular weight is 449 g/mol. The summed E-state index contributed by atoms with van der Waals surface area (Å²) in [4.78, 5) is 38.3. The average Bonchev–Trinajstić information content (AvgIpc) is 2.97. The van der Waals surface area contributed by atoms with E-state index >= 15 is 0 Å². The second-order valence-corrected chi connectivity index (χ2v) is 8.30. The molecule has 0 aliphatic carbocycles. The third kappa shape index (κ3) is 4.00. The number of anilines is 1. The molecule has 0 spiro atoms. The Balaban J connectivity index is 1.96. The van der Waals surface area contributed by atoms with Gasteiger partial charge in [0.05, 0.1) is 12.8 Å². The first-order chi connectivity index (χ1) is 14.8. The number of amides is 4. The van der Waals surface area contributed by atoms with Gasteiger partial charge >= 0.3 is 12.2 Å². The van der Waals surface area contributed by atoms with E-state index in [1.165, 1.54) is 43.5 Å². The van der Waals surface area contributed by atoms with E-state index in [0.717, 1.165) is 5.56 Å². The fourth-order valence-corrected chi connectivity index (χ4v) is 3.23. The minimum Gasteiger partial charge on any atom is -0.497 e. The summed E-state index contributed by atoms with van der Waals surface area (Å²) in [7, 11) is 1.33. The SMILES string of the molecule is COc1cccc(N2C(=O)N[C@@](NC(=O)c3ccc(C(C)(C)C)cc3)(C(F)(F)F)C2=O)c1. The summed E-state index contributed by atoms with van der Waals surface area (Å²) in [6.07, 6.45) is -5.31. The maximum atomic E-state index is 14.1. The van der Waals surface area contributed by atoms with Gasteiger partial charge in [-0.3, -0.25) is 14.9 Å². The van der Waals surface area contributed by atoms with Crippen LogP contribution in [0.4, 0.5) is 23.7 Å². The van der Waals surface area contributed by atoms with Gasteiger partial charge in [0.25, 0.3) is 17.5 Å². The Bertz CT molecular complexity index is 1060. The number of nitrogens with zero attached hydrogens (tertiary/aromatic N) is 1. The standard InChI is InChI=1S/C22H22F3N3O4/c1-20(2,3)14-10-8-13(9-11-14)17(29)26-21(22(23,24)25)18(30)28(19(31)27-21)15-6-5-7-16(12-15)32-4/h5-12H,1-4H3,(H,26,29)(H,27,31)/t21-/m1/s1. The first kappa shape index (κ1) is 23.1. The van der Waals surface area contributed by atoms with Gasteiger partial charge in [0.2, 0.25) is 0 Å². The van der Waals surface area contributed by atoms with Gasteiger partial charge in [-0.25, -0.2) is 9.69 Å². The number of hydrogen-bond donors (Lipinski definition) is 2. The van der Waals surface area contributed by atoms with Crippen molar-refractivity contribution in [3.05, 3.63) is 59.7 Å². The lowest BCUT2D eigenvalue weighted by atomic mass is 9.86. The minimum absolute atomic E-state index is 0.0940. The monoisotopic (exact) mass is 449 g/mol. The van der Waals surface area contributed by atoms with Crippen LogP contribution >= 0.6 is 0 Å². The molecule has 2 aromatic carbocycles. The van der Waals surface area contributed by atoms with Gasteiger partial charge in [0, 0.05) is 11.6 Å². The molecule has 2 aromatic rings. The summed E-state index contributed by atoms with van der Waals surface area (Å²) in [5.74, 6) is -2.61. The smallest absolute Gasteiger partial charge is 0.440 e. The molecule has 32 heavy (non-hydrogen) atoms. The molecular weight excluding hydrogens is 427 g/mol. The molecule has 0 unspecified atom stereocenters. The van der Waals surface area contributed by atoms with Crippen LogP contribution in [0.2, 0.25) is 0 Å². The number of imide groups is 1. The van der Waals surface area contributed by atoms with E-state index in [4.69, 9.17) is 4.74 Å². The predicted molar refractivity (Wildman–Crippen MR) is 110 cm³/mol. The lowest BCUT2D eigenvalue weighted by molar-refractivity contribution is -0.197. The first-order valence-corrected chi connectivity index (χ1v) is 9.61. The third-order valence-electron chi connectivity index (χ3n) is 5.07. The second-order valence-electron chi connectivity index (χ2n) is 8.30. The van der Waals surface area contributed by atoms with E-state index in [9.17, 15) is 27.6 Å². The van der Waals surface area contributed by atoms with E-state index in [0.29, 0.717) is 4.90 Å². The molecule has 0 aromatic heterocycles. The number of nitrogens with one attached hydrogen (secondary N) is 2. The largest absolute Gasteiger partial charge is 0.497 e. The molecule has 0 radical (unpaired) electrons. The zero-order valence-corrected chi connectivity index (χ0v) is 17.8. The Morgan fingerprint density at radius 1 is 1.06 bits per heavy atom. The molecule has 2 N–H and O–H groups in total. The van der Waals surface area contributed by atoms with Crippen molar-refractivity contribution >= 4 is 23.5 Å². The van der Waals surface area contributed by atoms with Gasteiger partial charge in [-0.1, -0.05) is 39.0 Å². The lowest BCUT2D eigenvalue weighted by Crippen LogP contribution is -2.69. The molecule has 1 atom stereocenters. The molecule has 1 aliphatic heterocycles. The van der Waals surface area contributed by atoms with Gasteiger partial charge in [-0.2, -0.15) is 13.2 Å². The maximum Gasteiger partial charge on any atom is 0.440 e. The summed E-state index contributed by atoms with van der Waals surface area (Å²) in [6.45, 7) is 5.84. The van der Waals surface area contributed by atoms with Crippen LogP contribution in [-0.2, 0) is 10.2 Å². The zero-order chi connectivity index (χ0) is 23.9. The molecule has 0 bridgehead atoms. The Morgan fingerprint density at radius 3 is 2.22 bits per heavy atom. The van der Waals surface area contributed by atoms with Crippen LogP contribution in [0.1, 0.15) is 36.7 Å². The van der Waals surface area contributed by atoms with Gasteiger partial charge in [-0.15, -0.1) is 0 Å². The highest BCUT2D eigenvalue weighted by Crippen LogP contribution is 2.36. The van der Waals surface area contributed by atoms with Crippen molar-refractivity contribution in [3.8, 4) is 5.75 Å². The van der Waals surface area contributed by atoms with E-state index < -0.39 is 29.7 Å². The predicted octanol–water partition coefficient (Wildman–Crippen LogP) is 3.74. The normalized spacial score (nSPS) is 19.0. The summed E-state index contributed by atoms with van der Waals surface area (Å²) >= 11 is 0. The van der Waals surface area contributed by atoms with E-state index in [1.54, 1.807) is 22.8 Å². The fraction of sp³-hybridized carbons (Fsp3) is 0.318. The van der Waals surface area contributed by atoms with Crippen LogP contribution in [0.25, 0.3) is 0 Å². The van der Waals surface area contributed by atoms with Crippen LogP contribution in [0.15, 0.2) is 48.5 Å². The quantitative estimate of drug-likeness (QED) is 0.697. The molecule has 1 saturated heterocycles. The van der Waals surface area contributed by atoms with Crippen molar-refractivity contribution in [1.29, 1.82) is 0 Å². The Hall–Kier alpha value is -3.56. The van der Waals surface area contributed by atoms with E-state index in [2.05, 4.69) is 0 Å². The van der Waals surface area contributed by atoms with Gasteiger partial charge in [0.1, 0.15) is 5.75 Å². The highest BCUT2D eigenvalue weighted by molar-refractivity contribution is 6.24. The number of methoxy groups -OCH3 is 1. The number of benzene rings is 2. The molecule has 3 rings (SSSR count). The number of carbonyl (C=O) groups is 3. The first-order valence-electron chi connectivity index (χ1n) is 9.61. The molecular formula is C22H22F3N3O4. The number of halogens is 3. The molecule has 1 fully saturated rings. The minimum atomic E-state index is -5.31. The second kappa shape index (κ2) is 7.85. The zero-order valence-electron chi connectivity index (χ0n) is 17.8. The molecule has 10 heteroatoms. The van der Waals surface area contributed by atoms with E-state index in [1.807, 2.05) is 20.8 Å². The number of alkyl halides is 3. The molecule has 170 valence electrons. The van der Waals surface area contributed by atoms with Crippen molar-refractivity contribution in [3.63, 3.8) is 0 Å². The Labute approximate surface area is 182 Å². The number of carbonyl (C=O) groups excluding carboxylic acids is 3.